The van der Waals surface area contributed by atoms with Crippen LogP contribution in [0.25, 0.3) is 11.1 Å². The van der Waals surface area contributed by atoms with Gasteiger partial charge < -0.3 is 14.7 Å². The van der Waals surface area contributed by atoms with Gasteiger partial charge in [-0.25, -0.2) is 0 Å². The molecule has 1 atom stereocenters. The molecule has 0 spiro atoms. The lowest BCUT2D eigenvalue weighted by Crippen LogP contribution is -2.50. The van der Waals surface area contributed by atoms with Crippen LogP contribution in [0.4, 0.5) is 0 Å². The Hall–Kier alpha value is -2.17. The lowest BCUT2D eigenvalue weighted by molar-refractivity contribution is -0.0764. The van der Waals surface area contributed by atoms with Crippen LogP contribution in [0.1, 0.15) is 42.8 Å². The molecule has 1 fully saturated rings. The fourth-order valence-electron chi connectivity index (χ4n) is 3.16. The van der Waals surface area contributed by atoms with E-state index in [1.807, 2.05) is 67.3 Å². The van der Waals surface area contributed by atoms with Gasteiger partial charge in [-0.2, -0.15) is 0 Å². The highest BCUT2D eigenvalue weighted by molar-refractivity contribution is 5.95. The van der Waals surface area contributed by atoms with Crippen molar-refractivity contribution in [3.05, 3.63) is 59.7 Å². The number of aliphatic hydroxyl groups is 1. The summed E-state index contributed by atoms with van der Waals surface area (Å²) in [6.45, 7) is 7.55. The Balaban J connectivity index is 1.82. The van der Waals surface area contributed by atoms with Gasteiger partial charge in [0.05, 0.1) is 18.3 Å². The predicted octanol–water partition coefficient (Wildman–Crippen LogP) is 3.66. The molecule has 0 radical (unpaired) electrons. The van der Waals surface area contributed by atoms with E-state index in [1.54, 1.807) is 6.92 Å². The first kappa shape index (κ1) is 17.6. The second kappa shape index (κ2) is 6.98. The van der Waals surface area contributed by atoms with E-state index in [-0.39, 0.29) is 11.5 Å². The third-order valence-corrected chi connectivity index (χ3v) is 4.55. The number of hydrogen-bond donors (Lipinski definition) is 1. The molecule has 4 nitrogen and oxygen atoms in total. The van der Waals surface area contributed by atoms with Crippen LogP contribution in [-0.2, 0) is 4.74 Å². The average molecular weight is 339 g/mol. The van der Waals surface area contributed by atoms with Crippen molar-refractivity contribution < 1.29 is 14.6 Å². The number of aliphatic hydroxyl groups excluding tert-OH is 1. The van der Waals surface area contributed by atoms with Crippen LogP contribution in [0.15, 0.2) is 48.5 Å². The van der Waals surface area contributed by atoms with Gasteiger partial charge in [-0.05, 0) is 49.6 Å². The first-order chi connectivity index (χ1) is 11.9. The number of carbonyl (C=O) groups excluding carboxylic acids is 1. The van der Waals surface area contributed by atoms with E-state index in [1.165, 1.54) is 0 Å². The highest BCUT2D eigenvalue weighted by Crippen LogP contribution is 2.24. The molecule has 1 aliphatic rings. The van der Waals surface area contributed by atoms with Gasteiger partial charge in [-0.15, -0.1) is 0 Å². The van der Waals surface area contributed by atoms with Crippen LogP contribution < -0.4 is 0 Å². The highest BCUT2D eigenvalue weighted by Gasteiger charge is 2.30. The van der Waals surface area contributed by atoms with Gasteiger partial charge in [0.25, 0.3) is 5.91 Å². The molecule has 2 aromatic carbocycles. The molecule has 0 bridgehead atoms. The molecular weight excluding hydrogens is 314 g/mol. The lowest BCUT2D eigenvalue weighted by atomic mass is 9.99. The molecule has 1 N–H and O–H groups in total. The van der Waals surface area contributed by atoms with Crippen molar-refractivity contribution in [3.8, 4) is 11.1 Å². The number of carbonyl (C=O) groups is 1. The topological polar surface area (TPSA) is 49.8 Å². The third-order valence-electron chi connectivity index (χ3n) is 4.55. The second-order valence-electron chi connectivity index (χ2n) is 7.21. The van der Waals surface area contributed by atoms with E-state index in [2.05, 4.69) is 0 Å². The fourth-order valence-corrected chi connectivity index (χ4v) is 3.16. The van der Waals surface area contributed by atoms with E-state index in [4.69, 9.17) is 4.74 Å². The maximum Gasteiger partial charge on any atom is 0.254 e. The SMILES string of the molecule is CC(O)c1ccc(-c2cccc(C(=O)N3CCOC(C)(C)C3)c2)cc1. The van der Waals surface area contributed by atoms with E-state index in [0.717, 1.165) is 16.7 Å². The molecule has 132 valence electrons. The standard InChI is InChI=1S/C21H25NO3/c1-15(23)16-7-9-17(10-8-16)18-5-4-6-19(13-18)20(24)22-11-12-25-21(2,3)14-22/h4-10,13,15,23H,11-12,14H2,1-3H3. The first-order valence-corrected chi connectivity index (χ1v) is 8.67. The minimum absolute atomic E-state index is 0.0406. The van der Waals surface area contributed by atoms with E-state index >= 15 is 0 Å². The lowest BCUT2D eigenvalue weighted by Gasteiger charge is -2.38. The zero-order valence-corrected chi connectivity index (χ0v) is 15.0. The van der Waals surface area contributed by atoms with E-state index in [9.17, 15) is 9.90 Å². The maximum absolute atomic E-state index is 12.9. The van der Waals surface area contributed by atoms with Crippen LogP contribution in [-0.4, -0.2) is 41.2 Å². The first-order valence-electron chi connectivity index (χ1n) is 8.67. The zero-order valence-electron chi connectivity index (χ0n) is 15.0. The Morgan fingerprint density at radius 1 is 1.16 bits per heavy atom. The Labute approximate surface area is 149 Å². The number of hydrogen-bond acceptors (Lipinski definition) is 3. The Bertz CT molecular complexity index is 750. The summed E-state index contributed by atoms with van der Waals surface area (Å²) in [6.07, 6.45) is -0.480. The molecule has 25 heavy (non-hydrogen) atoms. The van der Waals surface area contributed by atoms with Gasteiger partial charge >= 0.3 is 0 Å². The van der Waals surface area contributed by atoms with E-state index in [0.29, 0.717) is 25.3 Å². The molecule has 1 heterocycles. The van der Waals surface area contributed by atoms with Crippen LogP contribution in [0.5, 0.6) is 0 Å². The van der Waals surface area contributed by atoms with Crippen molar-refractivity contribution in [1.29, 1.82) is 0 Å². The molecule has 1 amide bonds. The number of rotatable bonds is 3. The summed E-state index contributed by atoms with van der Waals surface area (Å²) < 4.78 is 5.69. The highest BCUT2D eigenvalue weighted by atomic mass is 16.5. The molecule has 1 saturated heterocycles. The number of nitrogens with zero attached hydrogens (tertiary/aromatic N) is 1. The van der Waals surface area contributed by atoms with Gasteiger partial charge in [-0.1, -0.05) is 36.4 Å². The number of amides is 1. The largest absolute Gasteiger partial charge is 0.389 e. The number of benzene rings is 2. The molecule has 2 aromatic rings. The molecule has 1 unspecified atom stereocenters. The van der Waals surface area contributed by atoms with Gasteiger partial charge in [0, 0.05) is 18.7 Å². The van der Waals surface area contributed by atoms with Crippen molar-refractivity contribution in [2.75, 3.05) is 19.7 Å². The summed E-state index contributed by atoms with van der Waals surface area (Å²) in [5, 5.41) is 9.63. The van der Waals surface area contributed by atoms with Gasteiger partial charge in [-0.3, -0.25) is 4.79 Å². The number of morpholine rings is 1. The normalized spacial score (nSPS) is 18.0. The summed E-state index contributed by atoms with van der Waals surface area (Å²) in [5.74, 6) is 0.0406. The molecule has 0 aliphatic carbocycles. The predicted molar refractivity (Wildman–Crippen MR) is 98.4 cm³/mol. The Kier molecular flexibility index (Phi) is 4.93. The monoisotopic (exact) mass is 339 g/mol. The molecule has 3 rings (SSSR count). The average Bonchev–Trinajstić information content (AvgIpc) is 2.60. The van der Waals surface area contributed by atoms with Crippen LogP contribution >= 0.6 is 0 Å². The minimum atomic E-state index is -0.480. The van der Waals surface area contributed by atoms with E-state index < -0.39 is 6.10 Å². The maximum atomic E-state index is 12.9. The summed E-state index contributed by atoms with van der Waals surface area (Å²) >= 11 is 0. The van der Waals surface area contributed by atoms with Crippen molar-refractivity contribution >= 4 is 5.91 Å². The minimum Gasteiger partial charge on any atom is -0.389 e. The van der Waals surface area contributed by atoms with Crippen molar-refractivity contribution in [2.45, 2.75) is 32.5 Å². The van der Waals surface area contributed by atoms with Gasteiger partial charge in [0.15, 0.2) is 0 Å². The Morgan fingerprint density at radius 2 is 1.88 bits per heavy atom. The van der Waals surface area contributed by atoms with Crippen LogP contribution in [0.2, 0.25) is 0 Å². The van der Waals surface area contributed by atoms with Gasteiger partial charge in [0.2, 0.25) is 0 Å². The summed E-state index contributed by atoms with van der Waals surface area (Å²) in [4.78, 5) is 14.7. The van der Waals surface area contributed by atoms with Crippen molar-refractivity contribution in [2.24, 2.45) is 0 Å². The number of ether oxygens (including phenoxy) is 1. The molecule has 1 aliphatic heterocycles. The summed E-state index contributed by atoms with van der Waals surface area (Å²) in [6, 6.07) is 15.5. The smallest absolute Gasteiger partial charge is 0.254 e. The quantitative estimate of drug-likeness (QED) is 0.928. The summed E-state index contributed by atoms with van der Waals surface area (Å²) in [5.41, 5.74) is 3.29. The van der Waals surface area contributed by atoms with Crippen LogP contribution in [0.3, 0.4) is 0 Å². The van der Waals surface area contributed by atoms with Crippen LogP contribution in [0, 0.1) is 0 Å². The fraction of sp³-hybridized carbons (Fsp3) is 0.381. The molecule has 4 heteroatoms. The second-order valence-corrected chi connectivity index (χ2v) is 7.21. The Morgan fingerprint density at radius 3 is 2.52 bits per heavy atom. The molecule has 0 saturated carbocycles. The van der Waals surface area contributed by atoms with Gasteiger partial charge in [0.1, 0.15) is 0 Å². The van der Waals surface area contributed by atoms with Crippen molar-refractivity contribution in [1.82, 2.24) is 4.90 Å². The molecular formula is C21H25NO3. The third kappa shape index (κ3) is 4.09. The summed E-state index contributed by atoms with van der Waals surface area (Å²) in [7, 11) is 0. The van der Waals surface area contributed by atoms with Crippen molar-refractivity contribution in [3.63, 3.8) is 0 Å². The zero-order chi connectivity index (χ0) is 18.0. The molecule has 0 aromatic heterocycles.